The monoisotopic (exact) mass is 296 g/mol. The number of nitrogens with one attached hydrogen (secondary N) is 2. The summed E-state index contributed by atoms with van der Waals surface area (Å²) in [5.41, 5.74) is 0.894. The Hall–Kier alpha value is -1.26. The highest BCUT2D eigenvalue weighted by Gasteiger charge is 2.25. The second-order valence-electron chi connectivity index (χ2n) is 5.36. The molecular weight excluding hydrogens is 276 g/mol. The maximum atomic E-state index is 11.9. The van der Waals surface area contributed by atoms with E-state index in [1.807, 2.05) is 31.2 Å². The number of rotatable bonds is 4. The Morgan fingerprint density at radius 2 is 2.20 bits per heavy atom. The van der Waals surface area contributed by atoms with E-state index in [2.05, 4.69) is 10.6 Å². The molecule has 0 aromatic heterocycles. The maximum Gasteiger partial charge on any atom is 0.315 e. The average Bonchev–Trinajstić information content (AvgIpc) is 2.82. The van der Waals surface area contributed by atoms with E-state index < -0.39 is 0 Å². The van der Waals surface area contributed by atoms with E-state index in [1.54, 1.807) is 0 Å². The predicted molar refractivity (Wildman–Crippen MR) is 79.7 cm³/mol. The van der Waals surface area contributed by atoms with Gasteiger partial charge in [-0.3, -0.25) is 0 Å². The van der Waals surface area contributed by atoms with Gasteiger partial charge in [0.1, 0.15) is 0 Å². The molecule has 0 aliphatic heterocycles. The van der Waals surface area contributed by atoms with Crippen molar-refractivity contribution in [2.24, 2.45) is 5.92 Å². The van der Waals surface area contributed by atoms with Gasteiger partial charge in [0.15, 0.2) is 0 Å². The predicted octanol–water partition coefficient (Wildman–Crippen LogP) is 2.86. The number of carbonyl (C=O) groups excluding carboxylic acids is 1. The third kappa shape index (κ3) is 3.87. The highest BCUT2D eigenvalue weighted by molar-refractivity contribution is 6.31. The lowest BCUT2D eigenvalue weighted by Crippen LogP contribution is -2.40. The fourth-order valence-corrected chi connectivity index (χ4v) is 2.93. The van der Waals surface area contributed by atoms with Crippen molar-refractivity contribution >= 4 is 17.6 Å². The van der Waals surface area contributed by atoms with Crippen LogP contribution in [0.3, 0.4) is 0 Å². The molecule has 3 atom stereocenters. The summed E-state index contributed by atoms with van der Waals surface area (Å²) < 4.78 is 0. The largest absolute Gasteiger partial charge is 0.393 e. The summed E-state index contributed by atoms with van der Waals surface area (Å²) in [6.45, 7) is 2.41. The Morgan fingerprint density at radius 1 is 1.45 bits per heavy atom. The lowest BCUT2D eigenvalue weighted by atomic mass is 10.1. The minimum Gasteiger partial charge on any atom is -0.393 e. The van der Waals surface area contributed by atoms with Crippen molar-refractivity contribution in [3.8, 4) is 0 Å². The van der Waals surface area contributed by atoms with E-state index in [9.17, 15) is 9.90 Å². The number of halogens is 1. The third-order valence-electron chi connectivity index (χ3n) is 3.86. The second kappa shape index (κ2) is 6.95. The summed E-state index contributed by atoms with van der Waals surface area (Å²) in [7, 11) is 0. The van der Waals surface area contributed by atoms with E-state index in [0.29, 0.717) is 11.6 Å². The highest BCUT2D eigenvalue weighted by Crippen LogP contribution is 2.25. The number of carbonyl (C=O) groups is 1. The van der Waals surface area contributed by atoms with Crippen molar-refractivity contribution in [2.75, 3.05) is 6.54 Å². The molecular formula is C15H21ClN2O2. The van der Waals surface area contributed by atoms with Gasteiger partial charge in [0.05, 0.1) is 12.1 Å². The van der Waals surface area contributed by atoms with E-state index in [1.165, 1.54) is 0 Å². The first-order chi connectivity index (χ1) is 9.58. The van der Waals surface area contributed by atoms with E-state index in [4.69, 9.17) is 11.6 Å². The zero-order chi connectivity index (χ0) is 14.5. The maximum absolute atomic E-state index is 11.9. The molecule has 1 saturated carbocycles. The van der Waals surface area contributed by atoms with Gasteiger partial charge >= 0.3 is 6.03 Å². The molecule has 0 radical (unpaired) electrons. The first-order valence-electron chi connectivity index (χ1n) is 7.04. The first kappa shape index (κ1) is 15.1. The zero-order valence-electron chi connectivity index (χ0n) is 11.6. The number of hydrogen-bond acceptors (Lipinski definition) is 2. The summed E-state index contributed by atoms with van der Waals surface area (Å²) in [6, 6.07) is 7.08. The van der Waals surface area contributed by atoms with Gasteiger partial charge in [-0.1, -0.05) is 36.2 Å². The van der Waals surface area contributed by atoms with Crippen molar-refractivity contribution in [2.45, 2.75) is 38.3 Å². The van der Waals surface area contributed by atoms with Gasteiger partial charge in [0.25, 0.3) is 0 Å². The van der Waals surface area contributed by atoms with Crippen LogP contribution in [0.1, 0.15) is 37.8 Å². The van der Waals surface area contributed by atoms with Crippen LogP contribution in [0.25, 0.3) is 0 Å². The molecule has 1 aliphatic rings. The normalized spacial score (nSPS) is 23.4. The van der Waals surface area contributed by atoms with Gasteiger partial charge in [0.2, 0.25) is 0 Å². The second-order valence-corrected chi connectivity index (χ2v) is 5.76. The van der Waals surface area contributed by atoms with E-state index in [-0.39, 0.29) is 24.1 Å². The average molecular weight is 297 g/mol. The fraction of sp³-hybridized carbons (Fsp3) is 0.533. The lowest BCUT2D eigenvalue weighted by molar-refractivity contribution is 0.132. The number of aliphatic hydroxyl groups is 1. The minimum absolute atomic E-state index is 0.155. The van der Waals surface area contributed by atoms with Crippen LogP contribution in [-0.2, 0) is 0 Å². The van der Waals surface area contributed by atoms with Gasteiger partial charge in [-0.05, 0) is 31.4 Å². The van der Waals surface area contributed by atoms with Gasteiger partial charge in [-0.2, -0.15) is 0 Å². The Balaban J connectivity index is 1.81. The molecule has 0 saturated heterocycles. The van der Waals surface area contributed by atoms with Gasteiger partial charge in [-0.25, -0.2) is 4.79 Å². The number of amides is 2. The van der Waals surface area contributed by atoms with Crippen LogP contribution in [0.4, 0.5) is 4.79 Å². The molecule has 3 N–H and O–H groups in total. The molecule has 1 aromatic carbocycles. The smallest absolute Gasteiger partial charge is 0.315 e. The Bertz CT molecular complexity index is 467. The van der Waals surface area contributed by atoms with Crippen LogP contribution in [0.2, 0.25) is 5.02 Å². The van der Waals surface area contributed by atoms with Gasteiger partial charge in [-0.15, -0.1) is 0 Å². The topological polar surface area (TPSA) is 61.4 Å². The molecule has 2 rings (SSSR count). The number of benzene rings is 1. The highest BCUT2D eigenvalue weighted by atomic mass is 35.5. The number of urea groups is 1. The molecule has 1 aliphatic carbocycles. The lowest BCUT2D eigenvalue weighted by Gasteiger charge is -2.19. The molecule has 110 valence electrons. The molecule has 1 fully saturated rings. The summed E-state index contributed by atoms with van der Waals surface area (Å²) in [4.78, 5) is 11.9. The summed E-state index contributed by atoms with van der Waals surface area (Å²) in [5.74, 6) is 0.177. The third-order valence-corrected chi connectivity index (χ3v) is 4.21. The molecule has 0 spiro atoms. The van der Waals surface area contributed by atoms with Crippen LogP contribution in [0.15, 0.2) is 24.3 Å². The van der Waals surface area contributed by atoms with Crippen molar-refractivity contribution < 1.29 is 9.90 Å². The summed E-state index contributed by atoms with van der Waals surface area (Å²) in [5, 5.41) is 16.0. The van der Waals surface area contributed by atoms with Crippen molar-refractivity contribution in [1.29, 1.82) is 0 Å². The standard InChI is InChI=1S/C15H21ClN2O2/c1-10(12-6-2-3-7-13(12)16)18-15(20)17-9-11-5-4-8-14(11)19/h2-3,6-7,10-11,14,19H,4-5,8-9H2,1H3,(H2,17,18,20)/t10-,11-,14+/m1/s1. The Labute approximate surface area is 124 Å². The van der Waals surface area contributed by atoms with Crippen LogP contribution < -0.4 is 10.6 Å². The SMILES string of the molecule is C[C@@H](NC(=O)NC[C@H]1CCC[C@@H]1O)c1ccccc1Cl. The van der Waals surface area contributed by atoms with E-state index in [0.717, 1.165) is 24.8 Å². The zero-order valence-corrected chi connectivity index (χ0v) is 12.4. The minimum atomic E-state index is -0.281. The molecule has 0 unspecified atom stereocenters. The van der Waals surface area contributed by atoms with Gasteiger partial charge < -0.3 is 15.7 Å². The molecule has 0 bridgehead atoms. The molecule has 2 amide bonds. The Morgan fingerprint density at radius 3 is 2.85 bits per heavy atom. The fourth-order valence-electron chi connectivity index (χ4n) is 2.63. The van der Waals surface area contributed by atoms with Crippen molar-refractivity contribution in [3.05, 3.63) is 34.9 Å². The molecule has 4 nitrogen and oxygen atoms in total. The van der Waals surface area contributed by atoms with E-state index >= 15 is 0 Å². The molecule has 5 heteroatoms. The number of aliphatic hydroxyl groups excluding tert-OH is 1. The van der Waals surface area contributed by atoms with Crippen LogP contribution in [-0.4, -0.2) is 23.8 Å². The van der Waals surface area contributed by atoms with Crippen LogP contribution in [0, 0.1) is 5.92 Å². The van der Waals surface area contributed by atoms with Crippen molar-refractivity contribution in [1.82, 2.24) is 10.6 Å². The quantitative estimate of drug-likeness (QED) is 0.800. The summed E-state index contributed by atoms with van der Waals surface area (Å²) in [6.07, 6.45) is 2.56. The first-order valence-corrected chi connectivity index (χ1v) is 7.42. The van der Waals surface area contributed by atoms with Crippen molar-refractivity contribution in [3.63, 3.8) is 0 Å². The summed E-state index contributed by atoms with van der Waals surface area (Å²) >= 11 is 6.10. The van der Waals surface area contributed by atoms with Crippen LogP contribution in [0.5, 0.6) is 0 Å². The number of hydrogen-bond donors (Lipinski definition) is 3. The molecule has 0 heterocycles. The molecule has 20 heavy (non-hydrogen) atoms. The Kier molecular flexibility index (Phi) is 5.26. The van der Waals surface area contributed by atoms with Crippen LogP contribution >= 0.6 is 11.6 Å². The van der Waals surface area contributed by atoms with Gasteiger partial charge in [0, 0.05) is 17.5 Å². The molecule has 1 aromatic rings.